The molecule has 0 unspecified atom stereocenters. The van der Waals surface area contributed by atoms with E-state index in [0.717, 1.165) is 22.4 Å². The molecule has 0 saturated heterocycles. The third-order valence-corrected chi connectivity index (χ3v) is 3.88. The van der Waals surface area contributed by atoms with Gasteiger partial charge in [0.15, 0.2) is 5.16 Å². The van der Waals surface area contributed by atoms with Crippen LogP contribution in [-0.2, 0) is 12.3 Å². The maximum atomic E-state index is 5.69. The van der Waals surface area contributed by atoms with Crippen molar-refractivity contribution in [3.05, 3.63) is 35.9 Å². The Kier molecular flexibility index (Phi) is 3.29. The number of thioether (sulfide) groups is 1. The van der Waals surface area contributed by atoms with E-state index in [1.54, 1.807) is 11.8 Å². The van der Waals surface area contributed by atoms with Crippen LogP contribution in [0.3, 0.4) is 0 Å². The predicted molar refractivity (Wildman–Crippen MR) is 70.0 cm³/mol. The van der Waals surface area contributed by atoms with Gasteiger partial charge in [-0.1, -0.05) is 17.8 Å². The topological polar surface area (TPSA) is 69.6 Å². The number of aromatic nitrogens is 4. The van der Waals surface area contributed by atoms with E-state index >= 15 is 0 Å². The molecule has 18 heavy (non-hydrogen) atoms. The van der Waals surface area contributed by atoms with Crippen molar-refractivity contribution in [2.45, 2.75) is 36.3 Å². The summed E-state index contributed by atoms with van der Waals surface area (Å²) < 4.78 is 2.19. The maximum Gasteiger partial charge on any atom is 0.191 e. The summed E-state index contributed by atoms with van der Waals surface area (Å²) in [6.07, 6.45) is 4.23. The van der Waals surface area contributed by atoms with Gasteiger partial charge in [-0.25, -0.2) is 0 Å². The lowest BCUT2D eigenvalue weighted by molar-refractivity contribution is 0.626. The fourth-order valence-electron chi connectivity index (χ4n) is 1.87. The third kappa shape index (κ3) is 2.39. The fraction of sp³-hybridized carbons (Fsp3) is 0.417. The Morgan fingerprint density at radius 2 is 2.22 bits per heavy atom. The molecule has 0 aromatic carbocycles. The summed E-state index contributed by atoms with van der Waals surface area (Å²) in [6.45, 7) is 0.452. The third-order valence-electron chi connectivity index (χ3n) is 2.91. The number of rotatable bonds is 5. The Morgan fingerprint density at radius 1 is 1.33 bits per heavy atom. The molecular weight excluding hydrogens is 246 g/mol. The van der Waals surface area contributed by atoms with Crippen LogP contribution in [0.5, 0.6) is 0 Å². The molecule has 3 rings (SSSR count). The van der Waals surface area contributed by atoms with E-state index < -0.39 is 0 Å². The quantitative estimate of drug-likeness (QED) is 0.830. The molecule has 2 aromatic heterocycles. The van der Waals surface area contributed by atoms with Gasteiger partial charge >= 0.3 is 0 Å². The first-order valence-electron chi connectivity index (χ1n) is 6.05. The zero-order valence-corrected chi connectivity index (χ0v) is 10.8. The van der Waals surface area contributed by atoms with Crippen LogP contribution in [0.25, 0.3) is 0 Å². The van der Waals surface area contributed by atoms with Crippen molar-refractivity contribution < 1.29 is 0 Å². The molecule has 6 heteroatoms. The molecular formula is C12H15N5S. The zero-order chi connectivity index (χ0) is 12.4. The van der Waals surface area contributed by atoms with Crippen molar-refractivity contribution in [2.24, 2.45) is 5.73 Å². The SMILES string of the molecule is NCc1nnc(SCc2ccccn2)n1C1CC1. The molecule has 2 N–H and O–H groups in total. The van der Waals surface area contributed by atoms with Gasteiger partial charge in [-0.3, -0.25) is 4.98 Å². The van der Waals surface area contributed by atoms with Crippen LogP contribution >= 0.6 is 11.8 Å². The van der Waals surface area contributed by atoms with E-state index in [9.17, 15) is 0 Å². The minimum absolute atomic E-state index is 0.452. The summed E-state index contributed by atoms with van der Waals surface area (Å²) in [6, 6.07) is 6.51. The Labute approximate surface area is 110 Å². The van der Waals surface area contributed by atoms with Crippen molar-refractivity contribution in [1.29, 1.82) is 0 Å². The lowest BCUT2D eigenvalue weighted by atomic mass is 10.4. The van der Waals surface area contributed by atoms with E-state index in [2.05, 4.69) is 19.7 Å². The first kappa shape index (κ1) is 11.7. The van der Waals surface area contributed by atoms with Gasteiger partial charge in [0, 0.05) is 18.0 Å². The lowest BCUT2D eigenvalue weighted by Gasteiger charge is -2.06. The molecule has 0 aliphatic heterocycles. The van der Waals surface area contributed by atoms with E-state index in [4.69, 9.17) is 5.73 Å². The van der Waals surface area contributed by atoms with E-state index in [1.165, 1.54) is 12.8 Å². The molecule has 1 aliphatic rings. The number of nitrogens with zero attached hydrogens (tertiary/aromatic N) is 4. The standard InChI is InChI=1S/C12H15N5S/c13-7-11-15-16-12(17(11)10-4-5-10)18-8-9-3-1-2-6-14-9/h1-3,6,10H,4-5,7-8,13H2. The second-order valence-electron chi connectivity index (χ2n) is 4.31. The summed E-state index contributed by atoms with van der Waals surface area (Å²) in [4.78, 5) is 4.31. The second kappa shape index (κ2) is 5.07. The van der Waals surface area contributed by atoms with Gasteiger partial charge in [0.2, 0.25) is 0 Å². The highest BCUT2D eigenvalue weighted by molar-refractivity contribution is 7.98. The van der Waals surface area contributed by atoms with Crippen molar-refractivity contribution in [2.75, 3.05) is 0 Å². The van der Waals surface area contributed by atoms with Crippen molar-refractivity contribution >= 4 is 11.8 Å². The Hall–Kier alpha value is -1.40. The number of nitrogens with two attached hydrogens (primary N) is 1. The molecule has 1 saturated carbocycles. The Bertz CT molecular complexity index is 521. The molecule has 0 spiro atoms. The van der Waals surface area contributed by atoms with Gasteiger partial charge in [0.25, 0.3) is 0 Å². The van der Waals surface area contributed by atoms with E-state index in [1.807, 2.05) is 24.4 Å². The van der Waals surface area contributed by atoms with Gasteiger partial charge in [-0.05, 0) is 25.0 Å². The monoisotopic (exact) mass is 261 g/mol. The summed E-state index contributed by atoms with van der Waals surface area (Å²) in [5, 5.41) is 9.35. The predicted octanol–water partition coefficient (Wildman–Crippen LogP) is 1.76. The first-order chi connectivity index (χ1) is 8.88. The Morgan fingerprint density at radius 3 is 2.89 bits per heavy atom. The van der Waals surface area contributed by atoms with Crippen LogP contribution in [0, 0.1) is 0 Å². The summed E-state index contributed by atoms with van der Waals surface area (Å²) in [5.41, 5.74) is 6.75. The van der Waals surface area contributed by atoms with Crippen LogP contribution in [0.1, 0.15) is 30.4 Å². The second-order valence-corrected chi connectivity index (χ2v) is 5.26. The molecule has 2 aromatic rings. The van der Waals surface area contributed by atoms with Crippen LogP contribution in [-0.4, -0.2) is 19.7 Å². The van der Waals surface area contributed by atoms with Crippen LogP contribution in [0.4, 0.5) is 0 Å². The number of pyridine rings is 1. The average molecular weight is 261 g/mol. The largest absolute Gasteiger partial charge is 0.324 e. The highest BCUT2D eigenvalue weighted by atomic mass is 32.2. The van der Waals surface area contributed by atoms with Crippen molar-refractivity contribution in [1.82, 2.24) is 19.7 Å². The summed E-state index contributed by atoms with van der Waals surface area (Å²) in [7, 11) is 0. The van der Waals surface area contributed by atoms with Crippen LogP contribution in [0.2, 0.25) is 0 Å². The Balaban J connectivity index is 1.74. The van der Waals surface area contributed by atoms with Gasteiger partial charge in [0.1, 0.15) is 5.82 Å². The highest BCUT2D eigenvalue weighted by Crippen LogP contribution is 2.39. The molecule has 1 fully saturated rings. The average Bonchev–Trinajstić information content (AvgIpc) is 3.18. The maximum absolute atomic E-state index is 5.69. The van der Waals surface area contributed by atoms with E-state index in [-0.39, 0.29) is 0 Å². The summed E-state index contributed by atoms with van der Waals surface area (Å²) >= 11 is 1.68. The first-order valence-corrected chi connectivity index (χ1v) is 7.03. The highest BCUT2D eigenvalue weighted by Gasteiger charge is 2.29. The van der Waals surface area contributed by atoms with E-state index in [0.29, 0.717) is 12.6 Å². The van der Waals surface area contributed by atoms with Crippen LogP contribution in [0.15, 0.2) is 29.6 Å². The lowest BCUT2D eigenvalue weighted by Crippen LogP contribution is -2.08. The molecule has 94 valence electrons. The fourth-order valence-corrected chi connectivity index (χ4v) is 2.81. The van der Waals surface area contributed by atoms with Crippen molar-refractivity contribution in [3.63, 3.8) is 0 Å². The van der Waals surface area contributed by atoms with Crippen molar-refractivity contribution in [3.8, 4) is 0 Å². The molecule has 0 bridgehead atoms. The number of hydrogen-bond donors (Lipinski definition) is 1. The van der Waals surface area contributed by atoms with Crippen LogP contribution < -0.4 is 5.73 Å². The zero-order valence-electron chi connectivity index (χ0n) is 9.99. The number of hydrogen-bond acceptors (Lipinski definition) is 5. The minimum Gasteiger partial charge on any atom is -0.324 e. The molecule has 2 heterocycles. The molecule has 0 radical (unpaired) electrons. The van der Waals surface area contributed by atoms with Gasteiger partial charge in [-0.2, -0.15) is 0 Å². The molecule has 0 atom stereocenters. The van der Waals surface area contributed by atoms with Gasteiger partial charge in [0.05, 0.1) is 12.2 Å². The van der Waals surface area contributed by atoms with Gasteiger partial charge in [-0.15, -0.1) is 10.2 Å². The molecule has 0 amide bonds. The van der Waals surface area contributed by atoms with Gasteiger partial charge < -0.3 is 10.3 Å². The summed E-state index contributed by atoms with van der Waals surface area (Å²) in [5.74, 6) is 1.71. The normalized spacial score (nSPS) is 14.9. The smallest absolute Gasteiger partial charge is 0.191 e. The minimum atomic E-state index is 0.452. The molecule has 5 nitrogen and oxygen atoms in total. The molecule has 1 aliphatic carbocycles.